The zero-order valence-electron chi connectivity index (χ0n) is 15.4. The summed E-state index contributed by atoms with van der Waals surface area (Å²) in [7, 11) is -3.58. The molecule has 0 radical (unpaired) electrons. The number of H-pyrrole nitrogens is 1. The molecule has 2 unspecified atom stereocenters. The van der Waals surface area contributed by atoms with Crippen LogP contribution in [0.15, 0.2) is 58.4 Å². The van der Waals surface area contributed by atoms with Gasteiger partial charge in [-0.15, -0.1) is 9.40 Å². The van der Waals surface area contributed by atoms with Gasteiger partial charge in [-0.2, -0.15) is 4.68 Å². The lowest BCUT2D eigenvalue weighted by Crippen LogP contribution is -2.43. The Morgan fingerprint density at radius 2 is 2.00 bits per heavy atom. The van der Waals surface area contributed by atoms with Crippen LogP contribution in [-0.2, 0) is 14.6 Å². The molecule has 0 aliphatic carbocycles. The van der Waals surface area contributed by atoms with Gasteiger partial charge in [0.05, 0.1) is 6.54 Å². The number of nitrogens with one attached hydrogen (secondary N) is 1. The first-order chi connectivity index (χ1) is 13.4. The third-order valence-electron chi connectivity index (χ3n) is 4.93. The highest BCUT2D eigenvalue weighted by molar-refractivity contribution is 7.95. The maximum Gasteiger partial charge on any atom is 0.349 e. The molecule has 146 valence electrons. The summed E-state index contributed by atoms with van der Waals surface area (Å²) in [6.07, 6.45) is 3.05. The average Bonchev–Trinajstić information content (AvgIpc) is 3.11. The number of sulfonamides is 1. The predicted molar refractivity (Wildman–Crippen MR) is 104 cm³/mol. The van der Waals surface area contributed by atoms with Crippen molar-refractivity contribution in [3.63, 3.8) is 0 Å². The molecule has 0 bridgehead atoms. The summed E-state index contributed by atoms with van der Waals surface area (Å²) >= 11 is 0. The van der Waals surface area contributed by atoms with Crippen molar-refractivity contribution in [3.05, 3.63) is 70.5 Å². The lowest BCUT2D eigenvalue weighted by molar-refractivity contribution is 0.283. The van der Waals surface area contributed by atoms with Gasteiger partial charge in [0.15, 0.2) is 21.1 Å². The standard InChI is InChI=1S/C19H21N5O3S/c1-14-7-9-16(10-8-14)28(26,27)23-12-4-5-15(13-23)18-21-19(25)24(22-18)17-6-2-3-11-20-17/h2-3,6-11,15H,4-5,12-13H2,1H3,(H-,21,22,25,26,27). The van der Waals surface area contributed by atoms with Gasteiger partial charge >= 0.3 is 5.69 Å². The topological polar surface area (TPSA) is 107 Å². The fourth-order valence-corrected chi connectivity index (χ4v) is 4.93. The van der Waals surface area contributed by atoms with Gasteiger partial charge in [0.2, 0.25) is 0 Å². The smallest absolute Gasteiger partial charge is 0.349 e. The Kier molecular flexibility index (Phi) is 4.96. The molecule has 3 heterocycles. The van der Waals surface area contributed by atoms with E-state index in [1.165, 1.54) is 8.99 Å². The van der Waals surface area contributed by atoms with E-state index in [1.807, 2.05) is 6.92 Å². The molecule has 9 heteroatoms. The van der Waals surface area contributed by atoms with Crippen LogP contribution in [0, 0.1) is 6.92 Å². The minimum absolute atomic E-state index is 0.174. The minimum atomic E-state index is -3.58. The van der Waals surface area contributed by atoms with Crippen LogP contribution in [0.25, 0.3) is 5.82 Å². The second-order valence-corrected chi connectivity index (χ2v) is 8.87. The van der Waals surface area contributed by atoms with Crippen molar-refractivity contribution in [3.8, 4) is 5.82 Å². The van der Waals surface area contributed by atoms with Crippen molar-refractivity contribution >= 4 is 10.4 Å². The lowest BCUT2D eigenvalue weighted by Gasteiger charge is -2.33. The SMILES string of the molecule is Cc1ccc([S+](=O)([O-])N2CCCC(c3nn(-c4ccccn4)c(=O)[nH]3)C2)cc1. The largest absolute Gasteiger partial charge is 0.593 e. The van der Waals surface area contributed by atoms with Crippen molar-refractivity contribution < 1.29 is 8.76 Å². The van der Waals surface area contributed by atoms with Crippen molar-refractivity contribution in [1.82, 2.24) is 24.1 Å². The van der Waals surface area contributed by atoms with E-state index in [0.29, 0.717) is 24.6 Å². The first-order valence-electron chi connectivity index (χ1n) is 9.12. The van der Waals surface area contributed by atoms with Crippen molar-refractivity contribution in [1.29, 1.82) is 0 Å². The number of benzene rings is 1. The quantitative estimate of drug-likeness (QED) is 0.676. The summed E-state index contributed by atoms with van der Waals surface area (Å²) in [4.78, 5) is 19.5. The number of hydrogen-bond donors (Lipinski definition) is 1. The van der Waals surface area contributed by atoms with E-state index in [-0.39, 0.29) is 23.0 Å². The fraction of sp³-hybridized carbons (Fsp3) is 0.316. The average molecular weight is 399 g/mol. The van der Waals surface area contributed by atoms with E-state index in [1.54, 1.807) is 48.7 Å². The Bertz CT molecular complexity index is 1060. The molecule has 1 aliphatic heterocycles. The summed E-state index contributed by atoms with van der Waals surface area (Å²) in [5, 5.41) is 4.37. The molecule has 2 atom stereocenters. The molecule has 1 aliphatic rings. The van der Waals surface area contributed by atoms with Gasteiger partial charge in [0.25, 0.3) is 0 Å². The Morgan fingerprint density at radius 3 is 2.71 bits per heavy atom. The molecule has 4 rings (SSSR count). The number of nitrogens with zero attached hydrogens (tertiary/aromatic N) is 4. The van der Waals surface area contributed by atoms with E-state index in [4.69, 9.17) is 0 Å². The monoisotopic (exact) mass is 399 g/mol. The molecular formula is C19H21N5O3S. The molecule has 0 spiro atoms. The fourth-order valence-electron chi connectivity index (χ4n) is 3.40. The molecule has 8 nitrogen and oxygen atoms in total. The molecule has 3 aromatic rings. The molecule has 1 N–H and O–H groups in total. The number of aromatic amines is 1. The maximum absolute atomic E-state index is 13.0. The molecule has 0 amide bonds. The third-order valence-corrected chi connectivity index (χ3v) is 6.81. The number of aryl methyl sites for hydroxylation is 1. The first kappa shape index (κ1) is 18.7. The Morgan fingerprint density at radius 1 is 1.21 bits per heavy atom. The lowest BCUT2D eigenvalue weighted by atomic mass is 9.99. The zero-order chi connectivity index (χ0) is 19.7. The number of aromatic nitrogens is 4. The minimum Gasteiger partial charge on any atom is -0.593 e. The second-order valence-electron chi connectivity index (χ2n) is 6.93. The van der Waals surface area contributed by atoms with Gasteiger partial charge < -0.3 is 4.55 Å². The molecule has 28 heavy (non-hydrogen) atoms. The van der Waals surface area contributed by atoms with Gasteiger partial charge in [-0.3, -0.25) is 4.98 Å². The van der Waals surface area contributed by atoms with Crippen LogP contribution in [0.5, 0.6) is 0 Å². The Labute approximate surface area is 163 Å². The summed E-state index contributed by atoms with van der Waals surface area (Å²) in [6, 6.07) is 12.1. The van der Waals surface area contributed by atoms with E-state index < -0.39 is 10.4 Å². The molecular weight excluding hydrogens is 378 g/mol. The highest BCUT2D eigenvalue weighted by Crippen LogP contribution is 2.31. The van der Waals surface area contributed by atoms with Crippen LogP contribution in [0.2, 0.25) is 0 Å². The normalized spacial score (nSPS) is 20.0. The van der Waals surface area contributed by atoms with Crippen LogP contribution in [0.3, 0.4) is 0 Å². The summed E-state index contributed by atoms with van der Waals surface area (Å²) in [5.41, 5.74) is 0.625. The first-order valence-corrected chi connectivity index (χ1v) is 10.6. The molecule has 0 saturated carbocycles. The van der Waals surface area contributed by atoms with Gasteiger partial charge in [0.1, 0.15) is 5.82 Å². The van der Waals surface area contributed by atoms with Crippen molar-refractivity contribution in [2.45, 2.75) is 30.6 Å². The van der Waals surface area contributed by atoms with E-state index in [9.17, 15) is 13.6 Å². The maximum atomic E-state index is 13.0. The van der Waals surface area contributed by atoms with Crippen molar-refractivity contribution in [2.24, 2.45) is 0 Å². The molecule has 2 aromatic heterocycles. The third kappa shape index (κ3) is 3.56. The van der Waals surface area contributed by atoms with Gasteiger partial charge in [0, 0.05) is 18.7 Å². The summed E-state index contributed by atoms with van der Waals surface area (Å²) in [6.45, 7) is 2.66. The number of rotatable bonds is 4. The van der Waals surface area contributed by atoms with Crippen LogP contribution in [0.4, 0.5) is 0 Å². The van der Waals surface area contributed by atoms with Gasteiger partial charge in [-0.1, -0.05) is 28.0 Å². The van der Waals surface area contributed by atoms with Crippen LogP contribution < -0.4 is 5.69 Å². The number of hydrogen-bond acceptors (Lipinski definition) is 5. The van der Waals surface area contributed by atoms with Crippen molar-refractivity contribution in [2.75, 3.05) is 13.1 Å². The van der Waals surface area contributed by atoms with Crippen LogP contribution >= 0.6 is 0 Å². The van der Waals surface area contributed by atoms with E-state index >= 15 is 0 Å². The molecule has 1 saturated heterocycles. The second kappa shape index (κ2) is 7.42. The highest BCUT2D eigenvalue weighted by atomic mass is 32.3. The van der Waals surface area contributed by atoms with Crippen LogP contribution in [0.1, 0.15) is 30.1 Å². The Hall–Kier alpha value is -2.62. The van der Waals surface area contributed by atoms with Crippen LogP contribution in [-0.4, -0.2) is 41.7 Å². The summed E-state index contributed by atoms with van der Waals surface area (Å²) in [5.74, 6) is 0.737. The molecule has 1 aromatic carbocycles. The Balaban J connectivity index is 1.58. The van der Waals surface area contributed by atoms with Gasteiger partial charge in [-0.25, -0.2) is 9.78 Å². The predicted octanol–water partition coefficient (Wildman–Crippen LogP) is 2.05. The number of piperidine rings is 1. The molecule has 1 fully saturated rings. The van der Waals surface area contributed by atoms with E-state index in [2.05, 4.69) is 15.1 Å². The summed E-state index contributed by atoms with van der Waals surface area (Å²) < 4.78 is 28.7. The zero-order valence-corrected chi connectivity index (χ0v) is 16.3. The highest BCUT2D eigenvalue weighted by Gasteiger charge is 2.36. The van der Waals surface area contributed by atoms with E-state index in [0.717, 1.165) is 12.0 Å². The van der Waals surface area contributed by atoms with Gasteiger partial charge in [-0.05, 0) is 44.0 Å². The number of pyridine rings is 1.